The molecule has 0 rings (SSSR count). The summed E-state index contributed by atoms with van der Waals surface area (Å²) in [6.07, 6.45) is 19.5. The second-order valence-electron chi connectivity index (χ2n) is 11.0. The summed E-state index contributed by atoms with van der Waals surface area (Å²) in [6.45, 7) is 16.0. The van der Waals surface area contributed by atoms with Crippen molar-refractivity contribution in [3.05, 3.63) is 12.2 Å². The van der Waals surface area contributed by atoms with Crippen molar-refractivity contribution in [2.24, 2.45) is 0 Å². The number of methoxy groups -OCH3 is 1. The summed E-state index contributed by atoms with van der Waals surface area (Å²) >= 11 is 0. The first-order valence-corrected chi connectivity index (χ1v) is 19.9. The van der Waals surface area contributed by atoms with Gasteiger partial charge in [0.25, 0.3) is 0 Å². The molecule has 0 N–H and O–H groups in total. The maximum atomic E-state index is 11.2. The van der Waals surface area contributed by atoms with Crippen LogP contribution in [-0.2, 0) is 18.4 Å². The molecule has 0 bridgehead atoms. The van der Waals surface area contributed by atoms with Crippen molar-refractivity contribution < 1.29 is 18.4 Å². The molecule has 0 spiro atoms. The fourth-order valence-electron chi connectivity index (χ4n) is 3.85. The van der Waals surface area contributed by atoms with Crippen molar-refractivity contribution in [2.45, 2.75) is 142 Å². The van der Waals surface area contributed by atoms with Crippen molar-refractivity contribution in [1.29, 1.82) is 0 Å². The zero-order chi connectivity index (χ0) is 24.5. The van der Waals surface area contributed by atoms with E-state index in [-0.39, 0.29) is 5.97 Å². The molecule has 4 nitrogen and oxygen atoms in total. The van der Waals surface area contributed by atoms with E-state index in [2.05, 4.69) is 58.4 Å². The van der Waals surface area contributed by atoms with E-state index in [1.54, 1.807) is 0 Å². The first-order valence-electron chi connectivity index (χ1n) is 13.0. The number of allylic oxidation sites excluding steroid dienone is 2. The Bertz CT molecular complexity index is 495. The molecule has 0 saturated carbocycles. The van der Waals surface area contributed by atoms with Crippen molar-refractivity contribution in [3.8, 4) is 0 Å². The van der Waals surface area contributed by atoms with Crippen LogP contribution >= 0.6 is 0 Å². The van der Waals surface area contributed by atoms with Crippen molar-refractivity contribution >= 4 is 22.6 Å². The Morgan fingerprint density at radius 3 is 1.75 bits per heavy atom. The van der Waals surface area contributed by atoms with E-state index < -0.39 is 16.6 Å². The molecule has 0 aliphatic rings. The summed E-state index contributed by atoms with van der Waals surface area (Å²) < 4.78 is 17.8. The molecule has 2 atom stereocenters. The van der Waals surface area contributed by atoms with Gasteiger partial charge in [-0.25, -0.2) is 0 Å². The van der Waals surface area contributed by atoms with Gasteiger partial charge in [0.2, 0.25) is 0 Å². The van der Waals surface area contributed by atoms with Gasteiger partial charge in [-0.05, 0) is 84.2 Å². The van der Waals surface area contributed by atoms with Crippen LogP contribution in [0.5, 0.6) is 0 Å². The minimum atomic E-state index is -1.57. The highest BCUT2D eigenvalue weighted by atomic mass is 28.4. The van der Waals surface area contributed by atoms with Crippen LogP contribution in [0, 0.1) is 0 Å². The zero-order valence-electron chi connectivity index (χ0n) is 22.6. The maximum Gasteiger partial charge on any atom is 0.305 e. The number of carbonyl (C=O) groups is 1. The molecule has 0 aliphatic carbocycles. The van der Waals surface area contributed by atoms with Crippen molar-refractivity contribution in [2.75, 3.05) is 7.11 Å². The lowest BCUT2D eigenvalue weighted by atomic mass is 10.0. The Hall–Kier alpha value is -0.436. The molecular weight excluding hydrogens is 432 g/mol. The molecule has 0 radical (unpaired) electrons. The summed E-state index contributed by atoms with van der Waals surface area (Å²) in [4.78, 5) is 11.2. The number of unbranched alkanes of at least 4 members (excludes halogenated alkanes) is 5. The quantitative estimate of drug-likeness (QED) is 0.0752. The Balaban J connectivity index is 4.55. The summed E-state index contributed by atoms with van der Waals surface area (Å²) in [5.74, 6) is -0.0930. The number of rotatable bonds is 20. The Morgan fingerprint density at radius 1 is 0.719 bits per heavy atom. The summed E-state index contributed by atoms with van der Waals surface area (Å²) in [5, 5.41) is 0. The van der Waals surface area contributed by atoms with E-state index in [9.17, 15) is 4.79 Å². The third-order valence-electron chi connectivity index (χ3n) is 5.26. The maximum absolute atomic E-state index is 11.2. The molecule has 0 amide bonds. The summed E-state index contributed by atoms with van der Waals surface area (Å²) in [6, 6.07) is 0. The number of hydrogen-bond acceptors (Lipinski definition) is 4. The smallest absolute Gasteiger partial charge is 0.305 e. The van der Waals surface area contributed by atoms with Gasteiger partial charge in [-0.15, -0.1) is 0 Å². The third kappa shape index (κ3) is 21.4. The van der Waals surface area contributed by atoms with Crippen LogP contribution in [0.4, 0.5) is 0 Å². The number of ether oxygens (including phenoxy) is 1. The van der Waals surface area contributed by atoms with Gasteiger partial charge in [-0.3, -0.25) is 4.79 Å². The number of esters is 1. The van der Waals surface area contributed by atoms with Gasteiger partial charge < -0.3 is 13.6 Å². The highest BCUT2D eigenvalue weighted by molar-refractivity contribution is 6.70. The Kier molecular flexibility index (Phi) is 17.7. The predicted octanol–water partition coefficient (Wildman–Crippen LogP) is 8.25. The van der Waals surface area contributed by atoms with Gasteiger partial charge in [-0.2, -0.15) is 0 Å². The van der Waals surface area contributed by atoms with Gasteiger partial charge in [0.15, 0.2) is 16.6 Å². The van der Waals surface area contributed by atoms with E-state index in [4.69, 9.17) is 13.6 Å². The highest BCUT2D eigenvalue weighted by Gasteiger charge is 2.24. The average Bonchev–Trinajstić information content (AvgIpc) is 2.68. The minimum absolute atomic E-state index is 0.0930. The van der Waals surface area contributed by atoms with Gasteiger partial charge in [0, 0.05) is 18.6 Å². The monoisotopic (exact) mass is 486 g/mol. The van der Waals surface area contributed by atoms with Crippen molar-refractivity contribution in [1.82, 2.24) is 0 Å². The largest absolute Gasteiger partial charge is 0.469 e. The van der Waals surface area contributed by atoms with Crippen LogP contribution in [0.15, 0.2) is 12.2 Å². The van der Waals surface area contributed by atoms with E-state index >= 15 is 0 Å². The minimum Gasteiger partial charge on any atom is -0.469 e. The second kappa shape index (κ2) is 18.0. The molecule has 0 aliphatic heterocycles. The first kappa shape index (κ1) is 31.6. The van der Waals surface area contributed by atoms with Crippen LogP contribution < -0.4 is 0 Å². The number of hydrogen-bond donors (Lipinski definition) is 0. The van der Waals surface area contributed by atoms with Gasteiger partial charge in [0.1, 0.15) is 0 Å². The van der Waals surface area contributed by atoms with E-state index in [1.165, 1.54) is 39.2 Å². The van der Waals surface area contributed by atoms with E-state index in [1.807, 2.05) is 0 Å². The molecule has 0 aromatic rings. The standard InChI is InChI=1S/C26H54O4Si2/c1-9-10-11-13-16-19-24(29-31(3,4)5)22-23-25(30-32(6,7)8)20-17-14-12-15-18-21-26(27)28-2/h11,13,24-25H,9-10,12,14-23H2,1-8H3/b13-11+. The highest BCUT2D eigenvalue weighted by Crippen LogP contribution is 2.23. The molecule has 0 saturated heterocycles. The fourth-order valence-corrected chi connectivity index (χ4v) is 6.33. The van der Waals surface area contributed by atoms with Gasteiger partial charge in [0.05, 0.1) is 7.11 Å². The Labute approximate surface area is 202 Å². The summed E-state index contributed by atoms with van der Waals surface area (Å²) in [5.41, 5.74) is 0. The molecule has 190 valence electrons. The zero-order valence-corrected chi connectivity index (χ0v) is 24.6. The molecule has 32 heavy (non-hydrogen) atoms. The average molecular weight is 487 g/mol. The lowest BCUT2D eigenvalue weighted by molar-refractivity contribution is -0.140. The van der Waals surface area contributed by atoms with Crippen LogP contribution in [0.2, 0.25) is 39.3 Å². The van der Waals surface area contributed by atoms with Gasteiger partial charge in [-0.1, -0.05) is 51.2 Å². The SMILES string of the molecule is CCC/C=C/CCC(CCC(CCCCCCCC(=O)OC)O[Si](C)(C)C)O[Si](C)(C)C. The predicted molar refractivity (Wildman–Crippen MR) is 143 cm³/mol. The normalized spacial score (nSPS) is 14.6. The first-order chi connectivity index (χ1) is 15.0. The number of carbonyl (C=O) groups excluding carboxylic acids is 1. The lowest BCUT2D eigenvalue weighted by Gasteiger charge is -2.30. The second-order valence-corrected chi connectivity index (χ2v) is 19.9. The summed E-state index contributed by atoms with van der Waals surface area (Å²) in [7, 11) is -1.67. The molecule has 2 unspecified atom stereocenters. The van der Waals surface area contributed by atoms with Crippen molar-refractivity contribution in [3.63, 3.8) is 0 Å². The molecule has 0 aromatic heterocycles. The van der Waals surface area contributed by atoms with Crippen LogP contribution in [0.1, 0.15) is 90.4 Å². The third-order valence-corrected chi connectivity index (χ3v) is 7.34. The van der Waals surface area contributed by atoms with E-state index in [0.717, 1.165) is 44.9 Å². The fraction of sp³-hybridized carbons (Fsp3) is 0.885. The van der Waals surface area contributed by atoms with Crippen LogP contribution in [0.3, 0.4) is 0 Å². The molecule has 0 heterocycles. The molecule has 0 aromatic carbocycles. The molecule has 0 fully saturated rings. The Morgan fingerprint density at radius 2 is 1.22 bits per heavy atom. The van der Waals surface area contributed by atoms with Crippen LogP contribution in [0.25, 0.3) is 0 Å². The molecule has 6 heteroatoms. The topological polar surface area (TPSA) is 44.8 Å². The molecular formula is C26H54O4Si2. The van der Waals surface area contributed by atoms with Crippen LogP contribution in [-0.4, -0.2) is 41.9 Å². The lowest BCUT2D eigenvalue weighted by Crippen LogP contribution is -2.35. The van der Waals surface area contributed by atoms with Gasteiger partial charge >= 0.3 is 5.97 Å². The van der Waals surface area contributed by atoms with E-state index in [0.29, 0.717) is 18.6 Å².